The number of likely N-dealkylation sites (tertiary alicyclic amines) is 1. The van der Waals surface area contributed by atoms with Crippen LogP contribution in [0, 0.1) is 13.8 Å². The van der Waals surface area contributed by atoms with Crippen LogP contribution < -0.4 is 5.32 Å². The fourth-order valence-corrected chi connectivity index (χ4v) is 2.57. The lowest BCUT2D eigenvalue weighted by Crippen LogP contribution is -2.41. The van der Waals surface area contributed by atoms with Crippen molar-refractivity contribution in [2.45, 2.75) is 32.8 Å². The van der Waals surface area contributed by atoms with Crippen LogP contribution in [0.25, 0.3) is 0 Å². The van der Waals surface area contributed by atoms with E-state index in [9.17, 15) is 4.79 Å². The first kappa shape index (κ1) is 15.0. The van der Waals surface area contributed by atoms with E-state index in [-0.39, 0.29) is 5.91 Å². The van der Waals surface area contributed by atoms with Crippen molar-refractivity contribution >= 4 is 11.6 Å². The van der Waals surface area contributed by atoms with E-state index in [2.05, 4.69) is 16.3 Å². The summed E-state index contributed by atoms with van der Waals surface area (Å²) in [6.07, 6.45) is 2.37. The molecule has 1 heterocycles. The summed E-state index contributed by atoms with van der Waals surface area (Å²) in [6.45, 7) is 6.37. The van der Waals surface area contributed by atoms with Crippen molar-refractivity contribution < 1.29 is 9.53 Å². The molecule has 1 fully saturated rings. The van der Waals surface area contributed by atoms with Crippen molar-refractivity contribution in [1.29, 1.82) is 0 Å². The number of ether oxygens (including phenoxy) is 1. The highest BCUT2D eigenvalue weighted by molar-refractivity contribution is 5.93. The molecular weight excluding hydrogens is 252 g/mol. The second kappa shape index (κ2) is 6.86. The number of piperidine rings is 1. The van der Waals surface area contributed by atoms with E-state index >= 15 is 0 Å². The Morgan fingerprint density at radius 3 is 2.70 bits per heavy atom. The monoisotopic (exact) mass is 276 g/mol. The molecule has 0 radical (unpaired) electrons. The van der Waals surface area contributed by atoms with Gasteiger partial charge in [0.15, 0.2) is 0 Å². The Morgan fingerprint density at radius 2 is 2.05 bits per heavy atom. The Morgan fingerprint density at radius 1 is 1.35 bits per heavy atom. The van der Waals surface area contributed by atoms with E-state index in [4.69, 9.17) is 4.74 Å². The van der Waals surface area contributed by atoms with Crippen LogP contribution >= 0.6 is 0 Å². The van der Waals surface area contributed by atoms with Crippen molar-refractivity contribution in [3.63, 3.8) is 0 Å². The smallest absolute Gasteiger partial charge is 0.238 e. The van der Waals surface area contributed by atoms with Gasteiger partial charge in [-0.05, 0) is 43.9 Å². The molecular formula is C16H24N2O2. The fourth-order valence-electron chi connectivity index (χ4n) is 2.57. The molecule has 0 atom stereocenters. The van der Waals surface area contributed by atoms with E-state index in [1.807, 2.05) is 26.0 Å². The third-order valence-corrected chi connectivity index (χ3v) is 3.90. The number of nitrogens with zero attached hydrogens (tertiary/aromatic N) is 1. The number of carbonyl (C=O) groups is 1. The first-order chi connectivity index (χ1) is 9.58. The summed E-state index contributed by atoms with van der Waals surface area (Å²) in [5.41, 5.74) is 3.18. The van der Waals surface area contributed by atoms with Crippen LogP contribution in [-0.2, 0) is 9.53 Å². The van der Waals surface area contributed by atoms with E-state index in [0.717, 1.165) is 42.7 Å². The zero-order valence-corrected chi connectivity index (χ0v) is 12.6. The average Bonchev–Trinajstić information content (AvgIpc) is 2.43. The van der Waals surface area contributed by atoms with Gasteiger partial charge >= 0.3 is 0 Å². The highest BCUT2D eigenvalue weighted by Crippen LogP contribution is 2.17. The number of amides is 1. The van der Waals surface area contributed by atoms with Crippen LogP contribution in [0.5, 0.6) is 0 Å². The fraction of sp³-hybridized carbons (Fsp3) is 0.562. The maximum absolute atomic E-state index is 12.1. The van der Waals surface area contributed by atoms with E-state index < -0.39 is 0 Å². The van der Waals surface area contributed by atoms with Crippen molar-refractivity contribution in [2.75, 3.05) is 32.1 Å². The highest BCUT2D eigenvalue weighted by Gasteiger charge is 2.20. The lowest BCUT2D eigenvalue weighted by atomic mass is 10.1. The molecule has 0 unspecified atom stereocenters. The van der Waals surface area contributed by atoms with Crippen LogP contribution in [0.2, 0.25) is 0 Å². The lowest BCUT2D eigenvalue weighted by molar-refractivity contribution is -0.117. The molecule has 0 aromatic heterocycles. The molecule has 2 rings (SSSR count). The largest absolute Gasteiger partial charge is 0.381 e. The number of benzene rings is 1. The standard InChI is InChI=1S/C16H24N2O2/c1-12-4-5-13(2)15(10-12)17-16(19)11-18-8-6-14(20-3)7-9-18/h4-5,10,14H,6-9,11H2,1-3H3,(H,17,19). The van der Waals surface area contributed by atoms with Gasteiger partial charge in [0.25, 0.3) is 0 Å². The number of anilines is 1. The Bertz CT molecular complexity index is 466. The van der Waals surface area contributed by atoms with Crippen LogP contribution in [-0.4, -0.2) is 43.7 Å². The van der Waals surface area contributed by atoms with Gasteiger partial charge in [-0.2, -0.15) is 0 Å². The Balaban J connectivity index is 1.85. The first-order valence-corrected chi connectivity index (χ1v) is 7.20. The predicted octanol–water partition coefficient (Wildman–Crippen LogP) is 2.35. The molecule has 1 aromatic rings. The van der Waals surface area contributed by atoms with Gasteiger partial charge in [0.05, 0.1) is 12.6 Å². The Kier molecular flexibility index (Phi) is 5.15. The molecule has 110 valence electrons. The van der Waals surface area contributed by atoms with Gasteiger partial charge in [0.2, 0.25) is 5.91 Å². The molecule has 1 aromatic carbocycles. The number of hydrogen-bond acceptors (Lipinski definition) is 3. The van der Waals surface area contributed by atoms with Crippen molar-refractivity contribution in [3.8, 4) is 0 Å². The number of aryl methyl sites for hydroxylation is 2. The van der Waals surface area contributed by atoms with Gasteiger partial charge in [-0.25, -0.2) is 0 Å². The number of carbonyl (C=O) groups excluding carboxylic acids is 1. The van der Waals surface area contributed by atoms with Gasteiger partial charge in [-0.3, -0.25) is 9.69 Å². The van der Waals surface area contributed by atoms with Crippen LogP contribution in [0.3, 0.4) is 0 Å². The molecule has 0 spiro atoms. The molecule has 20 heavy (non-hydrogen) atoms. The topological polar surface area (TPSA) is 41.6 Å². The number of methoxy groups -OCH3 is 1. The summed E-state index contributed by atoms with van der Waals surface area (Å²) in [6, 6.07) is 6.11. The maximum atomic E-state index is 12.1. The molecule has 1 N–H and O–H groups in total. The summed E-state index contributed by atoms with van der Waals surface area (Å²) in [5, 5.41) is 3.01. The number of nitrogens with one attached hydrogen (secondary N) is 1. The number of rotatable bonds is 4. The number of hydrogen-bond donors (Lipinski definition) is 1. The molecule has 1 aliphatic rings. The summed E-state index contributed by atoms with van der Waals surface area (Å²) in [5.74, 6) is 0.0644. The molecule has 1 aliphatic heterocycles. The highest BCUT2D eigenvalue weighted by atomic mass is 16.5. The molecule has 4 nitrogen and oxygen atoms in total. The van der Waals surface area contributed by atoms with Crippen molar-refractivity contribution in [2.24, 2.45) is 0 Å². The third-order valence-electron chi connectivity index (χ3n) is 3.90. The van der Waals surface area contributed by atoms with Crippen molar-refractivity contribution in [3.05, 3.63) is 29.3 Å². The van der Waals surface area contributed by atoms with Crippen molar-refractivity contribution in [1.82, 2.24) is 4.90 Å². The third kappa shape index (κ3) is 4.05. The summed E-state index contributed by atoms with van der Waals surface area (Å²) in [7, 11) is 1.76. The summed E-state index contributed by atoms with van der Waals surface area (Å²) in [4.78, 5) is 14.3. The van der Waals surface area contributed by atoms with Crippen LogP contribution in [0.15, 0.2) is 18.2 Å². The lowest BCUT2D eigenvalue weighted by Gasteiger charge is -2.30. The molecule has 0 saturated carbocycles. The average molecular weight is 276 g/mol. The van der Waals surface area contributed by atoms with Crippen LogP contribution in [0.4, 0.5) is 5.69 Å². The van der Waals surface area contributed by atoms with Gasteiger partial charge in [0, 0.05) is 25.9 Å². The minimum Gasteiger partial charge on any atom is -0.381 e. The quantitative estimate of drug-likeness (QED) is 0.918. The second-order valence-electron chi connectivity index (χ2n) is 5.58. The minimum absolute atomic E-state index is 0.0644. The molecule has 0 aliphatic carbocycles. The molecule has 1 saturated heterocycles. The maximum Gasteiger partial charge on any atom is 0.238 e. The van der Waals surface area contributed by atoms with Gasteiger partial charge in [-0.1, -0.05) is 12.1 Å². The Hall–Kier alpha value is -1.39. The Labute approximate surface area is 121 Å². The van der Waals surface area contributed by atoms with Gasteiger partial charge in [0.1, 0.15) is 0 Å². The SMILES string of the molecule is COC1CCN(CC(=O)Nc2cc(C)ccc2C)CC1. The zero-order valence-electron chi connectivity index (χ0n) is 12.6. The molecule has 4 heteroatoms. The van der Waals surface area contributed by atoms with Gasteiger partial charge < -0.3 is 10.1 Å². The first-order valence-electron chi connectivity index (χ1n) is 7.20. The summed E-state index contributed by atoms with van der Waals surface area (Å²) < 4.78 is 5.34. The summed E-state index contributed by atoms with van der Waals surface area (Å²) >= 11 is 0. The van der Waals surface area contributed by atoms with Gasteiger partial charge in [-0.15, -0.1) is 0 Å². The van der Waals surface area contributed by atoms with Crippen LogP contribution in [0.1, 0.15) is 24.0 Å². The minimum atomic E-state index is 0.0644. The molecule has 0 bridgehead atoms. The van der Waals surface area contributed by atoms with E-state index in [1.165, 1.54) is 0 Å². The molecule has 1 amide bonds. The second-order valence-corrected chi connectivity index (χ2v) is 5.58. The van der Waals surface area contributed by atoms with E-state index in [1.54, 1.807) is 7.11 Å². The normalized spacial score (nSPS) is 17.1. The predicted molar refractivity (Wildman–Crippen MR) is 81.0 cm³/mol. The zero-order chi connectivity index (χ0) is 14.5. The van der Waals surface area contributed by atoms with E-state index in [0.29, 0.717) is 12.6 Å².